The van der Waals surface area contributed by atoms with E-state index in [1.54, 1.807) is 14.2 Å². The first-order valence-corrected chi connectivity index (χ1v) is 14.2. The van der Waals surface area contributed by atoms with Crippen LogP contribution in [-0.4, -0.2) is 56.3 Å². The maximum atomic E-state index is 11.5. The Labute approximate surface area is 238 Å². The van der Waals surface area contributed by atoms with Crippen LogP contribution in [0.5, 0.6) is 11.5 Å². The molecule has 3 heterocycles. The van der Waals surface area contributed by atoms with E-state index in [9.17, 15) is 4.79 Å². The monoisotopic (exact) mass is 548 g/mol. The average molecular weight is 549 g/mol. The summed E-state index contributed by atoms with van der Waals surface area (Å²) in [5.74, 6) is 3.12. The van der Waals surface area contributed by atoms with Gasteiger partial charge in [-0.25, -0.2) is 4.99 Å². The summed E-state index contributed by atoms with van der Waals surface area (Å²) in [6.45, 7) is 12.7. The lowest BCUT2D eigenvalue weighted by Crippen LogP contribution is -2.49. The zero-order chi connectivity index (χ0) is 28.9. The summed E-state index contributed by atoms with van der Waals surface area (Å²) in [6, 6.07) is 14.8. The summed E-state index contributed by atoms with van der Waals surface area (Å²) < 4.78 is 17.1. The number of nitrogens with two attached hydrogens (primary N) is 1. The van der Waals surface area contributed by atoms with Gasteiger partial charge < -0.3 is 25.3 Å². The maximum Gasteiger partial charge on any atom is 0.231 e. The van der Waals surface area contributed by atoms with Crippen molar-refractivity contribution in [3.8, 4) is 11.5 Å². The molecule has 3 aliphatic rings. The van der Waals surface area contributed by atoms with Gasteiger partial charge in [0.1, 0.15) is 11.5 Å². The largest absolute Gasteiger partial charge is 0.493 e. The molecule has 40 heavy (non-hydrogen) atoms. The van der Waals surface area contributed by atoms with E-state index >= 15 is 0 Å². The van der Waals surface area contributed by atoms with Gasteiger partial charge in [0.05, 0.1) is 37.8 Å². The molecule has 2 aromatic rings. The highest BCUT2D eigenvalue weighted by Gasteiger charge is 2.35. The van der Waals surface area contributed by atoms with E-state index < -0.39 is 0 Å². The van der Waals surface area contributed by atoms with Gasteiger partial charge in [-0.05, 0) is 54.7 Å². The molecule has 0 fully saturated rings. The molecule has 5 rings (SSSR count). The minimum atomic E-state index is -0.242. The fourth-order valence-corrected chi connectivity index (χ4v) is 5.52. The highest BCUT2D eigenvalue weighted by Crippen LogP contribution is 2.37. The van der Waals surface area contributed by atoms with Crippen molar-refractivity contribution < 1.29 is 19.0 Å². The van der Waals surface area contributed by atoms with Crippen LogP contribution in [-0.2, 0) is 16.0 Å². The topological polar surface area (TPSA) is 98.4 Å². The molecule has 0 saturated carbocycles. The quantitative estimate of drug-likeness (QED) is 0.509. The molecular weight excluding hydrogens is 504 g/mol. The van der Waals surface area contributed by atoms with Crippen molar-refractivity contribution in [2.45, 2.75) is 58.0 Å². The minimum absolute atomic E-state index is 0.0659. The molecule has 0 aliphatic carbocycles. The fourth-order valence-electron chi connectivity index (χ4n) is 5.52. The molecule has 8 heteroatoms. The number of aliphatic imine (C=N–C) groups is 1. The van der Waals surface area contributed by atoms with Gasteiger partial charge in [-0.3, -0.25) is 9.69 Å². The van der Waals surface area contributed by atoms with E-state index in [4.69, 9.17) is 19.9 Å². The Hall–Kier alpha value is -3.52. The smallest absolute Gasteiger partial charge is 0.231 e. The van der Waals surface area contributed by atoms with Gasteiger partial charge in [0.2, 0.25) is 5.91 Å². The molecule has 8 nitrogen and oxygen atoms in total. The number of rotatable bonds is 7. The Morgan fingerprint density at radius 1 is 1.18 bits per heavy atom. The van der Waals surface area contributed by atoms with Gasteiger partial charge >= 0.3 is 0 Å². The third-order valence-electron chi connectivity index (χ3n) is 8.31. The lowest BCUT2D eigenvalue weighted by atomic mass is 9.88. The molecule has 0 saturated heterocycles. The van der Waals surface area contributed by atoms with E-state index in [0.717, 1.165) is 55.2 Å². The highest BCUT2D eigenvalue weighted by atomic mass is 16.5. The minimum Gasteiger partial charge on any atom is -0.493 e. The third kappa shape index (κ3) is 6.44. The first kappa shape index (κ1) is 29.5. The Kier molecular flexibility index (Phi) is 9.40. The number of carbonyl (C=O) groups excluding carboxylic acids is 1. The summed E-state index contributed by atoms with van der Waals surface area (Å²) in [5, 5.41) is 3.64. The Bertz CT molecular complexity index is 1240. The zero-order valence-corrected chi connectivity index (χ0v) is 24.5. The Morgan fingerprint density at radius 3 is 2.60 bits per heavy atom. The predicted molar refractivity (Wildman–Crippen MR) is 159 cm³/mol. The van der Waals surface area contributed by atoms with Crippen molar-refractivity contribution in [1.29, 1.82) is 0 Å². The third-order valence-corrected chi connectivity index (χ3v) is 8.31. The number of hydrogen-bond acceptors (Lipinski definition) is 7. The van der Waals surface area contributed by atoms with E-state index in [2.05, 4.69) is 54.1 Å². The molecule has 3 N–H and O–H groups in total. The number of benzene rings is 2. The zero-order valence-electron chi connectivity index (χ0n) is 24.5. The molecule has 0 bridgehead atoms. The van der Waals surface area contributed by atoms with Crippen molar-refractivity contribution in [2.24, 2.45) is 22.6 Å². The lowest BCUT2D eigenvalue weighted by molar-refractivity contribution is -0.128. The summed E-state index contributed by atoms with van der Waals surface area (Å²) in [4.78, 5) is 17.3. The van der Waals surface area contributed by atoms with Crippen LogP contribution in [0.25, 0.3) is 5.70 Å². The number of methoxy groups -OCH3 is 1. The van der Waals surface area contributed by atoms with Gasteiger partial charge in [-0.1, -0.05) is 45.5 Å². The number of ether oxygens (including phenoxy) is 3. The van der Waals surface area contributed by atoms with Crippen molar-refractivity contribution in [1.82, 2.24) is 10.2 Å². The summed E-state index contributed by atoms with van der Waals surface area (Å²) in [5.41, 5.74) is 9.86. The number of nitrogens with zero attached hydrogens (tertiary/aromatic N) is 2. The maximum absolute atomic E-state index is 11.5. The Morgan fingerprint density at radius 2 is 1.90 bits per heavy atom. The molecule has 3 atom stereocenters. The van der Waals surface area contributed by atoms with Crippen molar-refractivity contribution in [2.75, 3.05) is 34.0 Å². The van der Waals surface area contributed by atoms with Crippen molar-refractivity contribution in [3.63, 3.8) is 0 Å². The summed E-state index contributed by atoms with van der Waals surface area (Å²) in [7, 11) is 3.40. The van der Waals surface area contributed by atoms with E-state index in [1.165, 1.54) is 16.0 Å². The normalized spacial score (nSPS) is 22.8. The van der Waals surface area contributed by atoms with Crippen LogP contribution < -0.4 is 20.5 Å². The molecule has 0 spiro atoms. The molecule has 1 amide bonds. The van der Waals surface area contributed by atoms with Crippen LogP contribution in [0.4, 0.5) is 0 Å². The standard InChI is InChI=1S/C23H27NO3.C9H17N3O/c1-15-12-26-22-7-5-4-6-20(22)23(15)24-16(2)18-8-9-21-19(11-18)10-17(13-25-3)14-27-21;1-4-9(5-2)6-7(13)12(3)8(10)11-9/h4-9,11,15,17,23-24H,2,10,12-14H2,1,3H3;4-6H2,1-3H3,(H2,10,11). The van der Waals surface area contributed by atoms with Gasteiger partial charge in [-0.2, -0.15) is 0 Å². The van der Waals surface area contributed by atoms with Crippen LogP contribution in [0.2, 0.25) is 0 Å². The molecular formula is C32H44N4O4. The SMILES string of the molecule is C=C(NC1c2ccccc2OCC1C)c1ccc2c(c1)CC(COC)CO2.CCC1(CC)CC(=O)N(C)C(N)=N1. The lowest BCUT2D eigenvalue weighted by Gasteiger charge is -2.34. The first-order valence-electron chi connectivity index (χ1n) is 14.2. The molecule has 0 radical (unpaired) electrons. The number of carbonyl (C=O) groups is 1. The number of fused-ring (bicyclic) bond motifs is 2. The molecule has 0 aromatic heterocycles. The fraction of sp³-hybridized carbons (Fsp3) is 0.500. The molecule has 216 valence electrons. The van der Waals surface area contributed by atoms with Crippen LogP contribution >= 0.6 is 0 Å². The van der Waals surface area contributed by atoms with Crippen molar-refractivity contribution in [3.05, 3.63) is 65.7 Å². The predicted octanol–water partition coefficient (Wildman–Crippen LogP) is 4.94. The molecule has 3 unspecified atom stereocenters. The van der Waals surface area contributed by atoms with Crippen LogP contribution in [0.3, 0.4) is 0 Å². The van der Waals surface area contributed by atoms with Crippen LogP contribution in [0.15, 0.2) is 54.0 Å². The van der Waals surface area contributed by atoms with Crippen LogP contribution in [0, 0.1) is 11.8 Å². The number of amides is 1. The molecule has 2 aromatic carbocycles. The van der Waals surface area contributed by atoms with E-state index in [-0.39, 0.29) is 17.5 Å². The van der Waals surface area contributed by atoms with E-state index in [1.807, 2.05) is 26.0 Å². The number of hydrogen-bond donors (Lipinski definition) is 2. The Balaban J connectivity index is 0.000000240. The summed E-state index contributed by atoms with van der Waals surface area (Å²) in [6.07, 6.45) is 3.19. The second kappa shape index (κ2) is 12.8. The highest BCUT2D eigenvalue weighted by molar-refractivity contribution is 5.98. The second-order valence-corrected chi connectivity index (χ2v) is 11.1. The molecule has 3 aliphatic heterocycles. The van der Waals surface area contributed by atoms with Crippen LogP contribution in [0.1, 0.15) is 62.8 Å². The number of guanidine groups is 1. The van der Waals surface area contributed by atoms with Gasteiger partial charge in [-0.15, -0.1) is 0 Å². The van der Waals surface area contributed by atoms with Gasteiger partial charge in [0, 0.05) is 37.3 Å². The first-order chi connectivity index (χ1) is 19.2. The summed E-state index contributed by atoms with van der Waals surface area (Å²) >= 11 is 0. The van der Waals surface area contributed by atoms with E-state index in [0.29, 0.717) is 30.8 Å². The van der Waals surface area contributed by atoms with Gasteiger partial charge in [0.25, 0.3) is 0 Å². The van der Waals surface area contributed by atoms with Crippen molar-refractivity contribution >= 4 is 17.6 Å². The average Bonchev–Trinajstić information content (AvgIpc) is 2.97. The second-order valence-electron chi connectivity index (χ2n) is 11.1. The number of para-hydroxylation sites is 1. The van der Waals surface area contributed by atoms with Gasteiger partial charge in [0.15, 0.2) is 5.96 Å². The number of nitrogens with one attached hydrogen (secondary N) is 1.